The van der Waals surface area contributed by atoms with Gasteiger partial charge in [-0.3, -0.25) is 0 Å². The van der Waals surface area contributed by atoms with Crippen LogP contribution in [0.25, 0.3) is 0 Å². The van der Waals surface area contributed by atoms with Crippen LogP contribution in [0.4, 0.5) is 5.13 Å². The maximum Gasteiger partial charge on any atom is 0.208 e. The summed E-state index contributed by atoms with van der Waals surface area (Å²) in [5, 5.41) is 11.4. The topological polar surface area (TPSA) is 38.2 Å². The Morgan fingerprint density at radius 3 is 2.86 bits per heavy atom. The Morgan fingerprint density at radius 1 is 1.32 bits per heavy atom. The molecule has 3 rings (SSSR count). The SMILES string of the molecule is CN(CC1CCCOC1)c1nnc(Cc2ccc(Cl)cc2)s1. The molecule has 2 aromatic rings. The molecular weight excluding hydrogens is 318 g/mol. The molecule has 0 amide bonds. The molecule has 1 aromatic carbocycles. The second kappa shape index (κ2) is 7.40. The van der Waals surface area contributed by atoms with Crippen molar-refractivity contribution in [2.45, 2.75) is 19.3 Å². The van der Waals surface area contributed by atoms with E-state index < -0.39 is 0 Å². The zero-order chi connectivity index (χ0) is 15.4. The van der Waals surface area contributed by atoms with Gasteiger partial charge in [-0.2, -0.15) is 0 Å². The molecule has 22 heavy (non-hydrogen) atoms. The second-order valence-electron chi connectivity index (χ2n) is 5.75. The Morgan fingerprint density at radius 2 is 2.14 bits per heavy atom. The number of nitrogens with zero attached hydrogens (tertiary/aromatic N) is 3. The van der Waals surface area contributed by atoms with E-state index in [1.54, 1.807) is 11.3 Å². The fourth-order valence-corrected chi connectivity index (χ4v) is 3.63. The Hall–Kier alpha value is -1.17. The lowest BCUT2D eigenvalue weighted by molar-refractivity contribution is 0.0576. The number of ether oxygens (including phenoxy) is 1. The first-order chi connectivity index (χ1) is 10.7. The highest BCUT2D eigenvalue weighted by atomic mass is 35.5. The summed E-state index contributed by atoms with van der Waals surface area (Å²) < 4.78 is 5.54. The zero-order valence-corrected chi connectivity index (χ0v) is 14.2. The minimum absolute atomic E-state index is 0.599. The van der Waals surface area contributed by atoms with Crippen LogP contribution in [0.3, 0.4) is 0 Å². The molecule has 0 N–H and O–H groups in total. The summed E-state index contributed by atoms with van der Waals surface area (Å²) in [5.74, 6) is 0.599. The summed E-state index contributed by atoms with van der Waals surface area (Å²) in [4.78, 5) is 2.20. The minimum atomic E-state index is 0.599. The van der Waals surface area contributed by atoms with Gasteiger partial charge >= 0.3 is 0 Å². The van der Waals surface area contributed by atoms with Gasteiger partial charge in [-0.15, -0.1) is 10.2 Å². The lowest BCUT2D eigenvalue weighted by Crippen LogP contribution is -2.30. The van der Waals surface area contributed by atoms with E-state index in [0.29, 0.717) is 5.92 Å². The lowest BCUT2D eigenvalue weighted by Gasteiger charge is -2.26. The van der Waals surface area contributed by atoms with E-state index in [1.165, 1.54) is 12.0 Å². The normalized spacial score (nSPS) is 18.4. The molecule has 1 aliphatic heterocycles. The molecule has 0 radical (unpaired) electrons. The van der Waals surface area contributed by atoms with E-state index in [9.17, 15) is 0 Å². The van der Waals surface area contributed by atoms with Crippen molar-refractivity contribution >= 4 is 28.1 Å². The predicted octanol–water partition coefficient (Wildman–Crippen LogP) is 3.65. The maximum atomic E-state index is 5.91. The largest absolute Gasteiger partial charge is 0.381 e. The molecule has 1 fully saturated rings. The van der Waals surface area contributed by atoms with Gasteiger partial charge in [0.2, 0.25) is 5.13 Å². The number of benzene rings is 1. The van der Waals surface area contributed by atoms with Crippen molar-refractivity contribution < 1.29 is 4.74 Å². The Kier molecular flexibility index (Phi) is 5.28. The van der Waals surface area contributed by atoms with Crippen molar-refractivity contribution in [3.05, 3.63) is 39.9 Å². The third kappa shape index (κ3) is 4.18. The monoisotopic (exact) mass is 337 g/mol. The highest BCUT2D eigenvalue weighted by Gasteiger charge is 2.18. The van der Waals surface area contributed by atoms with Crippen molar-refractivity contribution in [3.8, 4) is 0 Å². The van der Waals surface area contributed by atoms with Crippen LogP contribution in [0.1, 0.15) is 23.4 Å². The summed E-state index contributed by atoms with van der Waals surface area (Å²) in [5.41, 5.74) is 1.20. The first-order valence-corrected chi connectivity index (χ1v) is 8.76. The molecule has 0 aliphatic carbocycles. The third-order valence-corrected chi connectivity index (χ3v) is 5.13. The minimum Gasteiger partial charge on any atom is -0.381 e. The first kappa shape index (κ1) is 15.7. The Labute approximate surface area is 140 Å². The van der Waals surface area contributed by atoms with Gasteiger partial charge in [-0.05, 0) is 36.5 Å². The van der Waals surface area contributed by atoms with Crippen molar-refractivity contribution in [2.24, 2.45) is 5.92 Å². The molecule has 0 spiro atoms. The molecule has 118 valence electrons. The van der Waals surface area contributed by atoms with Crippen LogP contribution >= 0.6 is 22.9 Å². The number of hydrogen-bond acceptors (Lipinski definition) is 5. The van der Waals surface area contributed by atoms with Crippen molar-refractivity contribution in [3.63, 3.8) is 0 Å². The van der Waals surface area contributed by atoms with Crippen molar-refractivity contribution in [1.29, 1.82) is 0 Å². The van der Waals surface area contributed by atoms with Gasteiger partial charge in [-0.25, -0.2) is 0 Å². The summed E-state index contributed by atoms with van der Waals surface area (Å²) in [6.45, 7) is 2.75. The van der Waals surface area contributed by atoms with E-state index in [4.69, 9.17) is 16.3 Å². The summed E-state index contributed by atoms with van der Waals surface area (Å²) in [7, 11) is 2.08. The average molecular weight is 338 g/mol. The quantitative estimate of drug-likeness (QED) is 0.834. The highest BCUT2D eigenvalue weighted by Crippen LogP contribution is 2.24. The summed E-state index contributed by atoms with van der Waals surface area (Å²) >= 11 is 7.57. The molecule has 2 heterocycles. The molecule has 4 nitrogen and oxygen atoms in total. The number of anilines is 1. The Bertz CT molecular complexity index is 596. The molecule has 1 aliphatic rings. The van der Waals surface area contributed by atoms with Gasteiger partial charge in [-0.1, -0.05) is 35.1 Å². The van der Waals surface area contributed by atoms with Crippen LogP contribution in [0.15, 0.2) is 24.3 Å². The number of halogens is 1. The fraction of sp³-hybridized carbons (Fsp3) is 0.500. The summed E-state index contributed by atoms with van der Waals surface area (Å²) in [6.07, 6.45) is 3.20. The van der Waals surface area contributed by atoms with E-state index >= 15 is 0 Å². The van der Waals surface area contributed by atoms with Crippen LogP contribution < -0.4 is 4.90 Å². The van der Waals surface area contributed by atoms with Crippen molar-refractivity contribution in [2.75, 3.05) is 31.7 Å². The van der Waals surface area contributed by atoms with E-state index in [0.717, 1.165) is 47.8 Å². The van der Waals surface area contributed by atoms with Crippen LogP contribution in [-0.2, 0) is 11.2 Å². The molecule has 1 saturated heterocycles. The standard InChI is InChI=1S/C16H20ClN3OS/c1-20(10-13-3-2-8-21-11-13)16-19-18-15(22-16)9-12-4-6-14(17)7-5-12/h4-7,13H,2-3,8-11H2,1H3. The van der Waals surface area contributed by atoms with Crippen molar-refractivity contribution in [1.82, 2.24) is 10.2 Å². The van der Waals surface area contributed by atoms with Gasteiger partial charge in [0.15, 0.2) is 0 Å². The van der Waals surface area contributed by atoms with Gasteiger partial charge in [0, 0.05) is 31.6 Å². The van der Waals surface area contributed by atoms with Crippen LogP contribution in [0, 0.1) is 5.92 Å². The maximum absolute atomic E-state index is 5.91. The van der Waals surface area contributed by atoms with Gasteiger partial charge in [0.05, 0.1) is 6.61 Å². The average Bonchev–Trinajstić information content (AvgIpc) is 2.99. The highest BCUT2D eigenvalue weighted by molar-refractivity contribution is 7.15. The van der Waals surface area contributed by atoms with E-state index in [2.05, 4.69) is 22.1 Å². The molecule has 6 heteroatoms. The van der Waals surface area contributed by atoms with E-state index in [1.807, 2.05) is 24.3 Å². The van der Waals surface area contributed by atoms with Gasteiger partial charge < -0.3 is 9.64 Å². The zero-order valence-electron chi connectivity index (χ0n) is 12.7. The third-order valence-electron chi connectivity index (χ3n) is 3.84. The molecule has 1 aromatic heterocycles. The van der Waals surface area contributed by atoms with Gasteiger partial charge in [0.25, 0.3) is 0 Å². The van der Waals surface area contributed by atoms with E-state index in [-0.39, 0.29) is 0 Å². The molecule has 1 atom stereocenters. The van der Waals surface area contributed by atoms with Gasteiger partial charge in [0.1, 0.15) is 5.01 Å². The predicted molar refractivity (Wildman–Crippen MR) is 91.0 cm³/mol. The van der Waals surface area contributed by atoms with Crippen LogP contribution in [0.5, 0.6) is 0 Å². The molecule has 0 bridgehead atoms. The molecule has 1 unspecified atom stereocenters. The second-order valence-corrected chi connectivity index (χ2v) is 7.22. The number of hydrogen-bond donors (Lipinski definition) is 0. The molecule has 0 saturated carbocycles. The first-order valence-electron chi connectivity index (χ1n) is 7.56. The molecular formula is C16H20ClN3OS. The van der Waals surface area contributed by atoms with Crippen LogP contribution in [0.2, 0.25) is 5.02 Å². The fourth-order valence-electron chi connectivity index (χ4n) is 2.66. The number of rotatable bonds is 5. The number of aromatic nitrogens is 2. The lowest BCUT2D eigenvalue weighted by atomic mass is 10.0. The van der Waals surface area contributed by atoms with Crippen LogP contribution in [-0.4, -0.2) is 37.0 Å². The Balaban J connectivity index is 1.58. The summed E-state index contributed by atoms with van der Waals surface area (Å²) in [6, 6.07) is 7.89. The smallest absolute Gasteiger partial charge is 0.208 e.